The minimum Gasteiger partial charge on any atom is -0.311 e. The van der Waals surface area contributed by atoms with Gasteiger partial charge in [-0.2, -0.15) is 0 Å². The van der Waals surface area contributed by atoms with Crippen LogP contribution < -0.4 is 5.32 Å². The molecule has 0 bridgehead atoms. The van der Waals surface area contributed by atoms with Gasteiger partial charge in [0.2, 0.25) is 0 Å². The van der Waals surface area contributed by atoms with Gasteiger partial charge in [-0.15, -0.1) is 0 Å². The molecule has 112 valence electrons. The molecule has 1 heterocycles. The number of hydrogen-bond donors (Lipinski definition) is 1. The average Bonchev–Trinajstić information content (AvgIpc) is 2.45. The zero-order valence-corrected chi connectivity index (χ0v) is 13.7. The summed E-state index contributed by atoms with van der Waals surface area (Å²) >= 11 is 0. The van der Waals surface area contributed by atoms with Gasteiger partial charge in [-0.05, 0) is 24.3 Å². The van der Waals surface area contributed by atoms with Gasteiger partial charge in [0.25, 0.3) is 0 Å². The summed E-state index contributed by atoms with van der Waals surface area (Å²) in [7, 11) is 0. The fraction of sp³-hybridized carbons (Fsp3) is 0.667. The normalized spacial score (nSPS) is 26.4. The van der Waals surface area contributed by atoms with Crippen LogP contribution in [-0.4, -0.2) is 30.1 Å². The van der Waals surface area contributed by atoms with E-state index in [1.807, 2.05) is 0 Å². The topological polar surface area (TPSA) is 15.3 Å². The molecule has 1 aromatic rings. The Labute approximate surface area is 124 Å². The molecule has 2 heteroatoms. The molecule has 3 atom stereocenters. The molecule has 3 unspecified atom stereocenters. The number of nitrogens with one attached hydrogen (secondary N) is 1. The Hall–Kier alpha value is -0.860. The molecule has 1 fully saturated rings. The molecule has 0 saturated carbocycles. The van der Waals surface area contributed by atoms with E-state index in [1.165, 1.54) is 12.0 Å². The van der Waals surface area contributed by atoms with Gasteiger partial charge in [-0.3, -0.25) is 4.90 Å². The highest BCUT2D eigenvalue weighted by Gasteiger charge is 2.35. The molecule has 1 saturated heterocycles. The van der Waals surface area contributed by atoms with Crippen molar-refractivity contribution in [1.29, 1.82) is 0 Å². The van der Waals surface area contributed by atoms with Crippen molar-refractivity contribution in [2.75, 3.05) is 13.1 Å². The maximum atomic E-state index is 3.71. The van der Waals surface area contributed by atoms with Gasteiger partial charge in [-0.1, -0.05) is 58.0 Å². The molecule has 2 rings (SSSR count). The van der Waals surface area contributed by atoms with Crippen LogP contribution in [-0.2, 0) is 0 Å². The number of hydrogen-bond acceptors (Lipinski definition) is 2. The van der Waals surface area contributed by atoms with E-state index in [4.69, 9.17) is 0 Å². The Balaban J connectivity index is 2.25. The molecule has 1 N–H and O–H groups in total. The maximum absolute atomic E-state index is 3.71. The first kappa shape index (κ1) is 15.5. The highest BCUT2D eigenvalue weighted by Crippen LogP contribution is 2.33. The fourth-order valence-corrected chi connectivity index (χ4v) is 3.03. The second-order valence-corrected chi connectivity index (χ2v) is 7.18. The largest absolute Gasteiger partial charge is 0.311 e. The van der Waals surface area contributed by atoms with Crippen LogP contribution in [0.3, 0.4) is 0 Å². The number of rotatable bonds is 3. The molecule has 0 spiro atoms. The first-order valence-electron chi connectivity index (χ1n) is 7.97. The molecule has 0 aliphatic carbocycles. The van der Waals surface area contributed by atoms with Crippen LogP contribution in [0, 0.1) is 5.41 Å². The van der Waals surface area contributed by atoms with Gasteiger partial charge in [-0.25, -0.2) is 0 Å². The molecule has 1 aliphatic heterocycles. The van der Waals surface area contributed by atoms with Crippen molar-refractivity contribution in [1.82, 2.24) is 10.2 Å². The lowest BCUT2D eigenvalue weighted by atomic mass is 9.84. The molecule has 0 radical (unpaired) electrons. The first-order chi connectivity index (χ1) is 9.43. The van der Waals surface area contributed by atoms with Gasteiger partial charge in [0.05, 0.1) is 0 Å². The molecule has 20 heavy (non-hydrogen) atoms. The molecule has 0 aromatic heterocycles. The summed E-state index contributed by atoms with van der Waals surface area (Å²) in [5.74, 6) is 0. The van der Waals surface area contributed by atoms with E-state index in [2.05, 4.69) is 75.2 Å². The van der Waals surface area contributed by atoms with Crippen molar-refractivity contribution in [3.63, 3.8) is 0 Å². The highest BCUT2D eigenvalue weighted by atomic mass is 15.3. The number of piperazine rings is 1. The molecule has 1 aromatic carbocycles. The van der Waals surface area contributed by atoms with E-state index in [9.17, 15) is 0 Å². The second kappa shape index (κ2) is 6.28. The molecular weight excluding hydrogens is 244 g/mol. The summed E-state index contributed by atoms with van der Waals surface area (Å²) in [6, 6.07) is 12.6. The Morgan fingerprint density at radius 1 is 1.25 bits per heavy atom. The summed E-state index contributed by atoms with van der Waals surface area (Å²) in [6.45, 7) is 13.9. The first-order valence-corrected chi connectivity index (χ1v) is 7.97. The predicted octanol–water partition coefficient (Wildman–Crippen LogP) is 3.85. The van der Waals surface area contributed by atoms with E-state index < -0.39 is 0 Å². The molecular formula is C18H30N2. The summed E-state index contributed by atoms with van der Waals surface area (Å²) in [6.07, 6.45) is 1.20. The zero-order chi connectivity index (χ0) is 14.8. The van der Waals surface area contributed by atoms with Crippen molar-refractivity contribution >= 4 is 0 Å². The summed E-state index contributed by atoms with van der Waals surface area (Å²) in [4.78, 5) is 2.71. The van der Waals surface area contributed by atoms with Crippen molar-refractivity contribution in [3.05, 3.63) is 35.9 Å². The van der Waals surface area contributed by atoms with Crippen LogP contribution in [0.2, 0.25) is 0 Å². The molecule has 2 nitrogen and oxygen atoms in total. The Bertz CT molecular complexity index is 407. The van der Waals surface area contributed by atoms with E-state index >= 15 is 0 Å². The summed E-state index contributed by atoms with van der Waals surface area (Å²) in [5, 5.41) is 3.71. The number of nitrogens with zero attached hydrogens (tertiary/aromatic N) is 1. The summed E-state index contributed by atoms with van der Waals surface area (Å²) < 4.78 is 0. The monoisotopic (exact) mass is 274 g/mol. The lowest BCUT2D eigenvalue weighted by Gasteiger charge is -2.48. The fourth-order valence-electron chi connectivity index (χ4n) is 3.03. The van der Waals surface area contributed by atoms with Crippen molar-refractivity contribution in [3.8, 4) is 0 Å². The highest BCUT2D eigenvalue weighted by molar-refractivity contribution is 5.20. The van der Waals surface area contributed by atoms with Gasteiger partial charge in [0.1, 0.15) is 0 Å². The van der Waals surface area contributed by atoms with Gasteiger partial charge < -0.3 is 5.32 Å². The Morgan fingerprint density at radius 2 is 1.90 bits per heavy atom. The van der Waals surface area contributed by atoms with Crippen LogP contribution in [0.4, 0.5) is 0 Å². The standard InChI is InChI=1S/C18H30N2/c1-6-16-13-20(14(2)18(3,4)5)17(12-19-16)15-10-8-7-9-11-15/h7-11,14,16-17,19H,6,12-13H2,1-5H3. The SMILES string of the molecule is CCC1CN(C(C)C(C)(C)C)C(c2ccccc2)CN1. The van der Waals surface area contributed by atoms with E-state index in [-0.39, 0.29) is 0 Å². The molecule has 0 amide bonds. The quantitative estimate of drug-likeness (QED) is 0.900. The van der Waals surface area contributed by atoms with Crippen LogP contribution in [0.15, 0.2) is 30.3 Å². The minimum absolute atomic E-state index is 0.308. The third-order valence-corrected chi connectivity index (χ3v) is 4.86. The van der Waals surface area contributed by atoms with E-state index in [0.29, 0.717) is 23.5 Å². The summed E-state index contributed by atoms with van der Waals surface area (Å²) in [5.41, 5.74) is 1.74. The van der Waals surface area contributed by atoms with Crippen LogP contribution in [0.1, 0.15) is 52.6 Å². The lowest BCUT2D eigenvalue weighted by molar-refractivity contribution is 0.0341. The van der Waals surface area contributed by atoms with Crippen LogP contribution in [0.25, 0.3) is 0 Å². The Morgan fingerprint density at radius 3 is 2.45 bits per heavy atom. The molecule has 1 aliphatic rings. The average molecular weight is 274 g/mol. The van der Waals surface area contributed by atoms with Crippen molar-refractivity contribution in [2.45, 2.75) is 59.2 Å². The Kier molecular flexibility index (Phi) is 4.87. The van der Waals surface area contributed by atoms with Gasteiger partial charge in [0, 0.05) is 31.2 Å². The number of benzene rings is 1. The lowest BCUT2D eigenvalue weighted by Crippen LogP contribution is -2.57. The third kappa shape index (κ3) is 3.42. The van der Waals surface area contributed by atoms with Gasteiger partial charge >= 0.3 is 0 Å². The van der Waals surface area contributed by atoms with Crippen LogP contribution in [0.5, 0.6) is 0 Å². The van der Waals surface area contributed by atoms with E-state index in [0.717, 1.165) is 13.1 Å². The van der Waals surface area contributed by atoms with E-state index in [1.54, 1.807) is 0 Å². The smallest absolute Gasteiger partial charge is 0.0476 e. The second-order valence-electron chi connectivity index (χ2n) is 7.18. The predicted molar refractivity (Wildman–Crippen MR) is 86.9 cm³/mol. The zero-order valence-electron chi connectivity index (χ0n) is 13.7. The maximum Gasteiger partial charge on any atom is 0.0476 e. The van der Waals surface area contributed by atoms with Crippen molar-refractivity contribution < 1.29 is 0 Å². The third-order valence-electron chi connectivity index (χ3n) is 4.86. The van der Waals surface area contributed by atoms with Crippen molar-refractivity contribution in [2.24, 2.45) is 5.41 Å². The van der Waals surface area contributed by atoms with Gasteiger partial charge in [0.15, 0.2) is 0 Å². The van der Waals surface area contributed by atoms with Crippen LogP contribution >= 0.6 is 0 Å². The minimum atomic E-state index is 0.308.